The molecular weight excluding hydrogens is 292 g/mol. The summed E-state index contributed by atoms with van der Waals surface area (Å²) in [5.41, 5.74) is 2.31. The molecule has 0 bridgehead atoms. The molecule has 2 fully saturated rings. The summed E-state index contributed by atoms with van der Waals surface area (Å²) >= 11 is 0. The largest absolute Gasteiger partial charge is 0.390 e. The minimum Gasteiger partial charge on any atom is -0.390 e. The van der Waals surface area contributed by atoms with Gasteiger partial charge in [0.15, 0.2) is 0 Å². The SMILES string of the molecule is Cc1cc(C)n(C[C@@H]2CCCN2C[C@@H](O)CN2CCOCC2)n1. The Balaban J connectivity index is 1.51. The maximum absolute atomic E-state index is 10.5. The molecule has 2 aliphatic heterocycles. The van der Waals surface area contributed by atoms with Gasteiger partial charge in [-0.2, -0.15) is 5.10 Å². The third kappa shape index (κ3) is 4.53. The van der Waals surface area contributed by atoms with Gasteiger partial charge in [-0.25, -0.2) is 0 Å². The average molecular weight is 322 g/mol. The molecule has 23 heavy (non-hydrogen) atoms. The third-order valence-electron chi connectivity index (χ3n) is 5.00. The molecule has 1 N–H and O–H groups in total. The van der Waals surface area contributed by atoms with Crippen LogP contribution in [0.3, 0.4) is 0 Å². The quantitative estimate of drug-likeness (QED) is 0.834. The summed E-state index contributed by atoms with van der Waals surface area (Å²) in [5, 5.41) is 15.0. The van der Waals surface area contributed by atoms with Gasteiger partial charge in [-0.1, -0.05) is 0 Å². The minimum atomic E-state index is -0.283. The van der Waals surface area contributed by atoms with Crippen LogP contribution in [0.25, 0.3) is 0 Å². The van der Waals surface area contributed by atoms with Gasteiger partial charge in [-0.3, -0.25) is 14.5 Å². The number of β-amino-alcohol motifs (C(OH)–C–C–N with tert-alkyl or cyclic N) is 1. The summed E-state index contributed by atoms with van der Waals surface area (Å²) in [6.07, 6.45) is 2.13. The first kappa shape index (κ1) is 16.9. The number of aryl methyl sites for hydroxylation is 2. The molecule has 0 saturated carbocycles. The highest BCUT2D eigenvalue weighted by molar-refractivity contribution is 5.07. The minimum absolute atomic E-state index is 0.283. The first-order valence-electron chi connectivity index (χ1n) is 8.85. The van der Waals surface area contributed by atoms with Gasteiger partial charge in [0, 0.05) is 37.9 Å². The molecule has 6 nitrogen and oxygen atoms in total. The van der Waals surface area contributed by atoms with E-state index in [4.69, 9.17) is 4.74 Å². The number of hydrogen-bond acceptors (Lipinski definition) is 5. The van der Waals surface area contributed by atoms with Crippen LogP contribution in [-0.2, 0) is 11.3 Å². The topological polar surface area (TPSA) is 53.8 Å². The molecule has 1 aromatic heterocycles. The van der Waals surface area contributed by atoms with Crippen molar-refractivity contribution in [1.82, 2.24) is 19.6 Å². The fourth-order valence-electron chi connectivity index (χ4n) is 3.81. The van der Waals surface area contributed by atoms with Crippen molar-refractivity contribution in [3.05, 3.63) is 17.5 Å². The van der Waals surface area contributed by atoms with Crippen molar-refractivity contribution < 1.29 is 9.84 Å². The van der Waals surface area contributed by atoms with Gasteiger partial charge < -0.3 is 9.84 Å². The highest BCUT2D eigenvalue weighted by Crippen LogP contribution is 2.20. The highest BCUT2D eigenvalue weighted by Gasteiger charge is 2.28. The first-order chi connectivity index (χ1) is 11.1. The second kappa shape index (κ2) is 7.75. The van der Waals surface area contributed by atoms with Crippen LogP contribution in [0.1, 0.15) is 24.2 Å². The van der Waals surface area contributed by atoms with Crippen molar-refractivity contribution in [1.29, 1.82) is 0 Å². The maximum atomic E-state index is 10.5. The van der Waals surface area contributed by atoms with E-state index in [-0.39, 0.29) is 6.10 Å². The predicted octanol–water partition coefficient (Wildman–Crippen LogP) is 0.657. The lowest BCUT2D eigenvalue weighted by Crippen LogP contribution is -2.46. The molecule has 130 valence electrons. The van der Waals surface area contributed by atoms with Crippen molar-refractivity contribution in [2.45, 2.75) is 45.4 Å². The molecule has 6 heteroatoms. The normalized spacial score (nSPS) is 25.1. The fourth-order valence-corrected chi connectivity index (χ4v) is 3.81. The van der Waals surface area contributed by atoms with E-state index in [1.54, 1.807) is 0 Å². The zero-order chi connectivity index (χ0) is 16.2. The van der Waals surface area contributed by atoms with Crippen LogP contribution >= 0.6 is 0 Å². The zero-order valence-corrected chi connectivity index (χ0v) is 14.4. The van der Waals surface area contributed by atoms with Crippen LogP contribution in [0.4, 0.5) is 0 Å². The molecule has 0 amide bonds. The van der Waals surface area contributed by atoms with Crippen molar-refractivity contribution in [2.24, 2.45) is 0 Å². The van der Waals surface area contributed by atoms with Crippen molar-refractivity contribution >= 4 is 0 Å². The fraction of sp³-hybridized carbons (Fsp3) is 0.824. The Hall–Kier alpha value is -0.950. The molecule has 2 atom stereocenters. The summed E-state index contributed by atoms with van der Waals surface area (Å²) < 4.78 is 7.49. The van der Waals surface area contributed by atoms with Crippen LogP contribution in [-0.4, -0.2) is 82.8 Å². The number of morpholine rings is 1. The van der Waals surface area contributed by atoms with Gasteiger partial charge in [0.25, 0.3) is 0 Å². The Kier molecular flexibility index (Phi) is 5.69. The summed E-state index contributed by atoms with van der Waals surface area (Å²) in [7, 11) is 0. The number of nitrogens with zero attached hydrogens (tertiary/aromatic N) is 4. The van der Waals surface area contributed by atoms with Gasteiger partial charge in [-0.15, -0.1) is 0 Å². The van der Waals surface area contributed by atoms with Crippen molar-refractivity contribution in [2.75, 3.05) is 45.9 Å². The van der Waals surface area contributed by atoms with E-state index in [0.717, 1.165) is 58.2 Å². The van der Waals surface area contributed by atoms with Crippen molar-refractivity contribution in [3.8, 4) is 0 Å². The van der Waals surface area contributed by atoms with E-state index in [9.17, 15) is 5.11 Å². The number of rotatable bonds is 6. The lowest BCUT2D eigenvalue weighted by atomic mass is 10.2. The molecule has 3 rings (SSSR count). The zero-order valence-electron chi connectivity index (χ0n) is 14.4. The lowest BCUT2D eigenvalue weighted by molar-refractivity contribution is 0.00529. The summed E-state index contributed by atoms with van der Waals surface area (Å²) in [6, 6.07) is 2.62. The van der Waals surface area contributed by atoms with E-state index < -0.39 is 0 Å². The second-order valence-corrected chi connectivity index (χ2v) is 6.97. The average Bonchev–Trinajstić information content (AvgIpc) is 3.07. The van der Waals surface area contributed by atoms with E-state index >= 15 is 0 Å². The van der Waals surface area contributed by atoms with E-state index in [1.807, 2.05) is 6.92 Å². The van der Waals surface area contributed by atoms with Crippen LogP contribution < -0.4 is 0 Å². The molecular formula is C17H30N4O2. The molecule has 1 aromatic rings. The Bertz CT molecular complexity index is 499. The van der Waals surface area contributed by atoms with Gasteiger partial charge >= 0.3 is 0 Å². The Morgan fingerprint density at radius 3 is 2.74 bits per heavy atom. The lowest BCUT2D eigenvalue weighted by Gasteiger charge is -2.32. The van der Waals surface area contributed by atoms with Crippen molar-refractivity contribution in [3.63, 3.8) is 0 Å². The molecule has 0 spiro atoms. The number of ether oxygens (including phenoxy) is 1. The third-order valence-corrected chi connectivity index (χ3v) is 5.00. The number of hydrogen-bond donors (Lipinski definition) is 1. The van der Waals surface area contributed by atoms with Crippen LogP contribution in [0.15, 0.2) is 6.07 Å². The van der Waals surface area contributed by atoms with Gasteiger partial charge in [0.05, 0.1) is 31.6 Å². The van der Waals surface area contributed by atoms with E-state index in [0.29, 0.717) is 6.04 Å². The Labute approximate surface area is 139 Å². The molecule has 0 aromatic carbocycles. The first-order valence-corrected chi connectivity index (χ1v) is 8.85. The molecule has 0 unspecified atom stereocenters. The van der Waals surface area contributed by atoms with Gasteiger partial charge in [0.1, 0.15) is 0 Å². The summed E-state index contributed by atoms with van der Waals surface area (Å²) in [6.45, 7) is 11.2. The van der Waals surface area contributed by atoms with E-state index in [1.165, 1.54) is 18.5 Å². The summed E-state index contributed by atoms with van der Waals surface area (Å²) in [5.74, 6) is 0. The number of likely N-dealkylation sites (tertiary alicyclic amines) is 1. The standard InChI is InChI=1S/C17H30N4O2/c1-14-10-15(2)21(18-14)11-16-4-3-5-20(16)13-17(22)12-19-6-8-23-9-7-19/h10,16-17,22H,3-9,11-13H2,1-2H3/t16-,17-/m0/s1. The van der Waals surface area contributed by atoms with Gasteiger partial charge in [-0.05, 0) is 39.3 Å². The van der Waals surface area contributed by atoms with Crippen LogP contribution in [0.5, 0.6) is 0 Å². The number of aromatic nitrogens is 2. The highest BCUT2D eigenvalue weighted by atomic mass is 16.5. The summed E-state index contributed by atoms with van der Waals surface area (Å²) in [4.78, 5) is 4.75. The molecule has 2 aliphatic rings. The van der Waals surface area contributed by atoms with Crippen LogP contribution in [0, 0.1) is 13.8 Å². The smallest absolute Gasteiger partial charge is 0.0793 e. The molecule has 2 saturated heterocycles. The predicted molar refractivity (Wildman–Crippen MR) is 89.6 cm³/mol. The Morgan fingerprint density at radius 2 is 2.04 bits per heavy atom. The van der Waals surface area contributed by atoms with E-state index in [2.05, 4.69) is 32.6 Å². The molecule has 3 heterocycles. The second-order valence-electron chi connectivity index (χ2n) is 6.97. The molecule has 0 aliphatic carbocycles. The maximum Gasteiger partial charge on any atom is 0.0793 e. The van der Waals surface area contributed by atoms with Gasteiger partial charge in [0.2, 0.25) is 0 Å². The van der Waals surface area contributed by atoms with Crippen LogP contribution in [0.2, 0.25) is 0 Å². The number of aliphatic hydroxyl groups excluding tert-OH is 1. The monoisotopic (exact) mass is 322 g/mol. The molecule has 0 radical (unpaired) electrons. The Morgan fingerprint density at radius 1 is 1.26 bits per heavy atom. The number of aliphatic hydroxyl groups is 1.